The molecule has 3 aromatic rings. The van der Waals surface area contributed by atoms with Gasteiger partial charge in [-0.25, -0.2) is 26.2 Å². The van der Waals surface area contributed by atoms with E-state index in [-0.39, 0.29) is 43.1 Å². The van der Waals surface area contributed by atoms with Gasteiger partial charge in [0.2, 0.25) is 10.0 Å². The number of benzene rings is 2. The van der Waals surface area contributed by atoms with E-state index in [1.54, 1.807) is 30.0 Å². The van der Waals surface area contributed by atoms with E-state index < -0.39 is 36.5 Å². The molecular formula is C25H26FN3O6S2. The standard InChI is InChI=1S/C25H26FN3O6S2/c1-4-19-20(7-9-22(24(19)26)36(2,31)32)25(30)29-11-12-35-21-8-5-16(13-18(21)15-29)17-6-10-23(27-14-17)28-37(3,33)34/h5-10,13-14H,4,11-12,15H2,1-3H3,(H,27,28). The fraction of sp³-hybridized carbons (Fsp3) is 0.280. The molecule has 1 N–H and O–H groups in total. The number of aromatic nitrogens is 1. The first kappa shape index (κ1) is 26.6. The van der Waals surface area contributed by atoms with Crippen molar-refractivity contribution >= 4 is 31.6 Å². The Balaban J connectivity index is 1.63. The van der Waals surface area contributed by atoms with E-state index in [1.807, 2.05) is 12.1 Å². The van der Waals surface area contributed by atoms with Crippen molar-refractivity contribution in [1.82, 2.24) is 9.88 Å². The summed E-state index contributed by atoms with van der Waals surface area (Å²) in [6.45, 7) is 2.35. The smallest absolute Gasteiger partial charge is 0.254 e. The summed E-state index contributed by atoms with van der Waals surface area (Å²) in [5.74, 6) is -0.514. The van der Waals surface area contributed by atoms with Crippen LogP contribution in [0.1, 0.15) is 28.4 Å². The number of pyridine rings is 1. The number of carbonyl (C=O) groups excluding carboxylic acids is 1. The number of rotatable bonds is 6. The molecule has 1 aromatic heterocycles. The first-order chi connectivity index (χ1) is 17.4. The van der Waals surface area contributed by atoms with Gasteiger partial charge in [0.05, 0.1) is 12.8 Å². The van der Waals surface area contributed by atoms with E-state index in [2.05, 4.69) is 9.71 Å². The largest absolute Gasteiger partial charge is 0.491 e. The minimum absolute atomic E-state index is 0.0564. The summed E-state index contributed by atoms with van der Waals surface area (Å²) in [4.78, 5) is 18.7. The van der Waals surface area contributed by atoms with Crippen LogP contribution < -0.4 is 9.46 Å². The molecule has 0 atom stereocenters. The average molecular weight is 548 g/mol. The monoisotopic (exact) mass is 547 g/mol. The highest BCUT2D eigenvalue weighted by Crippen LogP contribution is 2.31. The molecule has 0 radical (unpaired) electrons. The van der Waals surface area contributed by atoms with Crippen molar-refractivity contribution in [2.45, 2.75) is 24.8 Å². The van der Waals surface area contributed by atoms with E-state index in [1.165, 1.54) is 12.3 Å². The predicted octanol–water partition coefficient (Wildman–Crippen LogP) is 3.26. The Bertz CT molecular complexity index is 1570. The molecule has 196 valence electrons. The molecule has 2 aromatic carbocycles. The Hall–Kier alpha value is -3.51. The Morgan fingerprint density at radius 2 is 1.81 bits per heavy atom. The minimum atomic E-state index is -3.78. The quantitative estimate of drug-likeness (QED) is 0.503. The molecule has 0 aliphatic carbocycles. The van der Waals surface area contributed by atoms with Crippen molar-refractivity contribution < 1.29 is 30.8 Å². The second kappa shape index (κ2) is 10.1. The van der Waals surface area contributed by atoms with Gasteiger partial charge >= 0.3 is 0 Å². The zero-order chi connectivity index (χ0) is 27.0. The number of fused-ring (bicyclic) bond motifs is 1. The number of sulfonamides is 1. The molecule has 0 spiro atoms. The molecule has 0 fully saturated rings. The summed E-state index contributed by atoms with van der Waals surface area (Å²) in [6.07, 6.45) is 3.66. The molecule has 1 aliphatic rings. The normalized spacial score (nSPS) is 13.9. The lowest BCUT2D eigenvalue weighted by atomic mass is 10.0. The van der Waals surface area contributed by atoms with E-state index >= 15 is 4.39 Å². The van der Waals surface area contributed by atoms with Gasteiger partial charge in [0, 0.05) is 41.3 Å². The molecule has 4 rings (SSSR count). The molecule has 37 heavy (non-hydrogen) atoms. The van der Waals surface area contributed by atoms with Crippen LogP contribution in [-0.2, 0) is 32.8 Å². The number of nitrogens with one attached hydrogen (secondary N) is 1. The maximum atomic E-state index is 15.0. The van der Waals surface area contributed by atoms with E-state index in [9.17, 15) is 21.6 Å². The minimum Gasteiger partial charge on any atom is -0.491 e. The van der Waals surface area contributed by atoms with Crippen LogP contribution >= 0.6 is 0 Å². The van der Waals surface area contributed by atoms with Crippen LogP contribution in [0.4, 0.5) is 10.2 Å². The zero-order valence-electron chi connectivity index (χ0n) is 20.5. The number of nitrogens with zero attached hydrogens (tertiary/aromatic N) is 2. The third-order valence-electron chi connectivity index (χ3n) is 5.91. The Labute approximate surface area is 215 Å². The third-order valence-corrected chi connectivity index (χ3v) is 7.60. The lowest BCUT2D eigenvalue weighted by Gasteiger charge is -2.22. The van der Waals surface area contributed by atoms with Gasteiger partial charge in [-0.1, -0.05) is 13.0 Å². The van der Waals surface area contributed by atoms with Crippen LogP contribution in [0.2, 0.25) is 0 Å². The highest BCUT2D eigenvalue weighted by atomic mass is 32.2. The van der Waals surface area contributed by atoms with Crippen molar-refractivity contribution in [1.29, 1.82) is 0 Å². The van der Waals surface area contributed by atoms with Gasteiger partial charge in [-0.05, 0) is 48.4 Å². The number of hydrogen-bond donors (Lipinski definition) is 1. The topological polar surface area (TPSA) is 123 Å². The predicted molar refractivity (Wildman–Crippen MR) is 137 cm³/mol. The van der Waals surface area contributed by atoms with Gasteiger partial charge in [0.1, 0.15) is 28.9 Å². The Kier molecular flexibility index (Phi) is 7.24. The van der Waals surface area contributed by atoms with Crippen LogP contribution in [0.15, 0.2) is 53.6 Å². The zero-order valence-corrected chi connectivity index (χ0v) is 22.1. The molecule has 0 saturated carbocycles. The summed E-state index contributed by atoms with van der Waals surface area (Å²) in [5.41, 5.74) is 2.42. The number of halogens is 1. The average Bonchev–Trinajstić information content (AvgIpc) is 3.04. The molecular weight excluding hydrogens is 521 g/mol. The fourth-order valence-corrected chi connectivity index (χ4v) is 5.43. The maximum Gasteiger partial charge on any atom is 0.254 e. The van der Waals surface area contributed by atoms with Crippen molar-refractivity contribution in [3.8, 4) is 16.9 Å². The highest BCUT2D eigenvalue weighted by Gasteiger charge is 2.27. The number of anilines is 1. The van der Waals surface area contributed by atoms with Gasteiger partial charge in [-0.2, -0.15) is 0 Å². The Morgan fingerprint density at radius 1 is 1.08 bits per heavy atom. The van der Waals surface area contributed by atoms with Crippen molar-refractivity contribution in [2.24, 2.45) is 0 Å². The first-order valence-electron chi connectivity index (χ1n) is 11.4. The number of carbonyl (C=O) groups is 1. The van der Waals surface area contributed by atoms with Gasteiger partial charge in [-0.3, -0.25) is 9.52 Å². The molecule has 12 heteroatoms. The lowest BCUT2D eigenvalue weighted by Crippen LogP contribution is -2.33. The van der Waals surface area contributed by atoms with Gasteiger partial charge in [-0.15, -0.1) is 0 Å². The molecule has 0 unspecified atom stereocenters. The van der Waals surface area contributed by atoms with Crippen molar-refractivity contribution in [2.75, 3.05) is 30.4 Å². The highest BCUT2D eigenvalue weighted by molar-refractivity contribution is 7.92. The van der Waals surface area contributed by atoms with E-state index in [0.29, 0.717) is 5.75 Å². The SMILES string of the molecule is CCc1c(C(=O)N2CCOc3ccc(-c4ccc(NS(C)(=O)=O)nc4)cc3C2)ccc(S(C)(=O)=O)c1F. The van der Waals surface area contributed by atoms with Crippen LogP contribution in [0.3, 0.4) is 0 Å². The molecule has 2 heterocycles. The second-order valence-electron chi connectivity index (χ2n) is 8.73. The molecule has 0 bridgehead atoms. The summed E-state index contributed by atoms with van der Waals surface area (Å²) >= 11 is 0. The third kappa shape index (κ3) is 5.91. The van der Waals surface area contributed by atoms with Crippen LogP contribution in [0.25, 0.3) is 11.1 Å². The number of ether oxygens (including phenoxy) is 1. The van der Waals surface area contributed by atoms with Crippen LogP contribution in [0, 0.1) is 5.82 Å². The molecule has 1 amide bonds. The van der Waals surface area contributed by atoms with Gasteiger partial charge in [0.15, 0.2) is 9.84 Å². The van der Waals surface area contributed by atoms with E-state index in [0.717, 1.165) is 35.3 Å². The Morgan fingerprint density at radius 3 is 2.43 bits per heavy atom. The molecule has 1 aliphatic heterocycles. The van der Waals surface area contributed by atoms with Crippen LogP contribution in [0.5, 0.6) is 5.75 Å². The van der Waals surface area contributed by atoms with E-state index in [4.69, 9.17) is 4.74 Å². The van der Waals surface area contributed by atoms with Crippen molar-refractivity contribution in [3.05, 3.63) is 71.2 Å². The lowest BCUT2D eigenvalue weighted by molar-refractivity contribution is 0.0731. The summed E-state index contributed by atoms with van der Waals surface area (Å²) < 4.78 is 69.8. The number of hydrogen-bond acceptors (Lipinski definition) is 7. The van der Waals surface area contributed by atoms with Gasteiger partial charge in [0.25, 0.3) is 5.91 Å². The first-order valence-corrected chi connectivity index (χ1v) is 15.2. The number of sulfone groups is 1. The molecule has 0 saturated heterocycles. The summed E-state index contributed by atoms with van der Waals surface area (Å²) in [7, 11) is -7.23. The van der Waals surface area contributed by atoms with Gasteiger partial charge < -0.3 is 9.64 Å². The van der Waals surface area contributed by atoms with Crippen molar-refractivity contribution in [3.63, 3.8) is 0 Å². The molecule has 9 nitrogen and oxygen atoms in total. The number of amides is 1. The second-order valence-corrected chi connectivity index (χ2v) is 12.5. The maximum absolute atomic E-state index is 15.0. The summed E-state index contributed by atoms with van der Waals surface area (Å²) in [5, 5.41) is 0. The van der Waals surface area contributed by atoms with Crippen LogP contribution in [-0.4, -0.2) is 58.3 Å². The summed E-state index contributed by atoms with van der Waals surface area (Å²) in [6, 6.07) is 11.3. The fourth-order valence-electron chi connectivity index (χ4n) is 4.16.